The molecule has 0 aromatic heterocycles. The highest BCUT2D eigenvalue weighted by molar-refractivity contribution is 4.97. The minimum absolute atomic E-state index is 0.0938. The molecule has 0 amide bonds. The third-order valence-corrected chi connectivity index (χ3v) is 3.90. The molecule has 0 aliphatic rings. The maximum absolute atomic E-state index is 8.88. The van der Waals surface area contributed by atoms with E-state index in [1.54, 1.807) is 0 Å². The molecule has 0 aromatic rings. The molecule has 0 rings (SSSR count). The number of nitriles is 1. The van der Waals surface area contributed by atoms with Crippen LogP contribution in [0, 0.1) is 28.1 Å². The molecule has 0 saturated heterocycles. The van der Waals surface area contributed by atoms with Gasteiger partial charge in [0.05, 0.1) is 6.07 Å². The number of nitrogens with zero attached hydrogens (tertiary/aromatic N) is 1. The number of hydrogen-bond acceptors (Lipinski definition) is 1. The second-order valence-electron chi connectivity index (χ2n) is 4.81. The molecule has 0 heterocycles. The van der Waals surface area contributed by atoms with Crippen molar-refractivity contribution < 1.29 is 0 Å². The molecule has 0 aromatic carbocycles. The van der Waals surface area contributed by atoms with E-state index in [0.717, 1.165) is 6.42 Å². The van der Waals surface area contributed by atoms with E-state index >= 15 is 0 Å². The number of rotatable bonds is 3. The molecule has 1 nitrogen and oxygen atoms in total. The third-order valence-electron chi connectivity index (χ3n) is 3.90. The van der Waals surface area contributed by atoms with Crippen LogP contribution in [0.4, 0.5) is 0 Å². The zero-order valence-electron chi connectivity index (χ0n) is 9.23. The zero-order chi connectivity index (χ0) is 9.99. The van der Waals surface area contributed by atoms with Crippen molar-refractivity contribution in [3.05, 3.63) is 0 Å². The fourth-order valence-corrected chi connectivity index (χ4v) is 1.20. The summed E-state index contributed by atoms with van der Waals surface area (Å²) in [7, 11) is 0. The highest BCUT2D eigenvalue weighted by Gasteiger charge is 2.39. The quantitative estimate of drug-likeness (QED) is 0.630. The van der Waals surface area contributed by atoms with E-state index in [1.165, 1.54) is 0 Å². The lowest BCUT2D eigenvalue weighted by Crippen LogP contribution is -2.37. The molecule has 0 aliphatic heterocycles. The molecular weight excluding hydrogens is 146 g/mol. The van der Waals surface area contributed by atoms with Crippen LogP contribution in [0.5, 0.6) is 0 Å². The molecular formula is C11H21N. The maximum Gasteiger partial charge on any atom is 0.0658 e. The first-order chi connectivity index (χ1) is 5.29. The van der Waals surface area contributed by atoms with E-state index in [-0.39, 0.29) is 16.7 Å². The lowest BCUT2D eigenvalue weighted by atomic mass is 9.61. The van der Waals surface area contributed by atoms with Gasteiger partial charge < -0.3 is 0 Å². The van der Waals surface area contributed by atoms with Gasteiger partial charge in [-0.15, -0.1) is 0 Å². The fourth-order valence-electron chi connectivity index (χ4n) is 1.20. The highest BCUT2D eigenvalue weighted by atomic mass is 14.4. The van der Waals surface area contributed by atoms with E-state index in [0.29, 0.717) is 0 Å². The predicted molar refractivity (Wildman–Crippen MR) is 52.6 cm³/mol. The van der Waals surface area contributed by atoms with Crippen molar-refractivity contribution in [3.63, 3.8) is 0 Å². The fraction of sp³-hybridized carbons (Fsp3) is 0.909. The van der Waals surface area contributed by atoms with Crippen molar-refractivity contribution in [2.45, 2.75) is 48.0 Å². The van der Waals surface area contributed by atoms with Gasteiger partial charge in [-0.2, -0.15) is 5.26 Å². The lowest BCUT2D eigenvalue weighted by molar-refractivity contribution is 0.0679. The Morgan fingerprint density at radius 2 is 1.67 bits per heavy atom. The summed E-state index contributed by atoms with van der Waals surface area (Å²) in [4.78, 5) is 0. The van der Waals surface area contributed by atoms with Gasteiger partial charge in [-0.3, -0.25) is 0 Å². The van der Waals surface area contributed by atoms with Gasteiger partial charge in [0.25, 0.3) is 0 Å². The zero-order valence-corrected chi connectivity index (χ0v) is 9.23. The average molecular weight is 167 g/mol. The lowest BCUT2D eigenvalue weighted by Gasteiger charge is -2.43. The minimum atomic E-state index is 0.0938. The molecule has 12 heavy (non-hydrogen) atoms. The smallest absolute Gasteiger partial charge is 0.0658 e. The summed E-state index contributed by atoms with van der Waals surface area (Å²) >= 11 is 0. The van der Waals surface area contributed by atoms with E-state index in [9.17, 15) is 0 Å². The molecule has 0 fully saturated rings. The van der Waals surface area contributed by atoms with E-state index in [1.807, 2.05) is 6.92 Å². The second-order valence-corrected chi connectivity index (χ2v) is 4.81. The Kier molecular flexibility index (Phi) is 3.33. The first-order valence-electron chi connectivity index (χ1n) is 4.69. The molecule has 1 atom stereocenters. The Balaban J connectivity index is 4.73. The van der Waals surface area contributed by atoms with E-state index < -0.39 is 0 Å². The Bertz CT molecular complexity index is 184. The maximum atomic E-state index is 8.88. The Morgan fingerprint density at radius 1 is 1.25 bits per heavy atom. The van der Waals surface area contributed by atoms with Gasteiger partial charge in [-0.25, -0.2) is 0 Å². The van der Waals surface area contributed by atoms with Crippen LogP contribution in [0.3, 0.4) is 0 Å². The highest BCUT2D eigenvalue weighted by Crippen LogP contribution is 2.46. The summed E-state index contributed by atoms with van der Waals surface area (Å²) in [5.74, 6) is 0.118. The molecule has 0 spiro atoms. The van der Waals surface area contributed by atoms with Crippen molar-refractivity contribution in [3.8, 4) is 6.07 Å². The van der Waals surface area contributed by atoms with Crippen molar-refractivity contribution in [1.29, 1.82) is 5.26 Å². The van der Waals surface area contributed by atoms with Crippen LogP contribution in [0.15, 0.2) is 0 Å². The van der Waals surface area contributed by atoms with Crippen LogP contribution >= 0.6 is 0 Å². The van der Waals surface area contributed by atoms with Crippen LogP contribution in [0.25, 0.3) is 0 Å². The molecule has 1 unspecified atom stereocenters. The monoisotopic (exact) mass is 167 g/mol. The summed E-state index contributed by atoms with van der Waals surface area (Å²) in [6.45, 7) is 13.0. The van der Waals surface area contributed by atoms with Crippen molar-refractivity contribution in [1.82, 2.24) is 0 Å². The Labute approximate surface area is 76.8 Å². The minimum Gasteiger partial charge on any atom is -0.198 e. The molecule has 1 heteroatoms. The topological polar surface area (TPSA) is 23.8 Å². The van der Waals surface area contributed by atoms with Gasteiger partial charge >= 0.3 is 0 Å². The summed E-state index contributed by atoms with van der Waals surface area (Å²) in [6.07, 6.45) is 1.12. The normalized spacial score (nSPS) is 15.4. The van der Waals surface area contributed by atoms with E-state index in [2.05, 4.69) is 40.7 Å². The van der Waals surface area contributed by atoms with E-state index in [4.69, 9.17) is 5.26 Å². The Morgan fingerprint density at radius 3 is 1.92 bits per heavy atom. The van der Waals surface area contributed by atoms with Crippen LogP contribution < -0.4 is 0 Å². The van der Waals surface area contributed by atoms with Crippen molar-refractivity contribution in [2.75, 3.05) is 0 Å². The Hall–Kier alpha value is -0.510. The predicted octanol–water partition coefficient (Wildman–Crippen LogP) is 3.61. The average Bonchev–Trinajstić information content (AvgIpc) is 2.02. The number of hydrogen-bond donors (Lipinski definition) is 0. The SMILES string of the molecule is CCC(C)(C)C(C)(C)C(C)C#N. The van der Waals surface area contributed by atoms with Gasteiger partial charge in [-0.1, -0.05) is 41.0 Å². The van der Waals surface area contributed by atoms with Gasteiger partial charge in [0.15, 0.2) is 0 Å². The summed E-state index contributed by atoms with van der Waals surface area (Å²) in [6, 6.07) is 2.35. The first kappa shape index (κ1) is 11.5. The van der Waals surface area contributed by atoms with Crippen LogP contribution in [0.2, 0.25) is 0 Å². The van der Waals surface area contributed by atoms with Crippen LogP contribution in [-0.2, 0) is 0 Å². The van der Waals surface area contributed by atoms with Crippen LogP contribution in [0.1, 0.15) is 48.0 Å². The van der Waals surface area contributed by atoms with Crippen LogP contribution in [-0.4, -0.2) is 0 Å². The van der Waals surface area contributed by atoms with Gasteiger partial charge in [0, 0.05) is 5.92 Å². The molecule has 70 valence electrons. The van der Waals surface area contributed by atoms with Crippen molar-refractivity contribution in [2.24, 2.45) is 16.7 Å². The van der Waals surface area contributed by atoms with Gasteiger partial charge in [0.1, 0.15) is 0 Å². The first-order valence-corrected chi connectivity index (χ1v) is 4.69. The summed E-state index contributed by atoms with van der Waals surface area (Å²) in [5, 5.41) is 8.88. The molecule has 0 saturated carbocycles. The summed E-state index contributed by atoms with van der Waals surface area (Å²) < 4.78 is 0. The molecule has 0 radical (unpaired) electrons. The molecule has 0 N–H and O–H groups in total. The largest absolute Gasteiger partial charge is 0.198 e. The second kappa shape index (κ2) is 3.47. The van der Waals surface area contributed by atoms with Gasteiger partial charge in [0.2, 0.25) is 0 Å². The van der Waals surface area contributed by atoms with Gasteiger partial charge in [-0.05, 0) is 17.8 Å². The third kappa shape index (κ3) is 1.80. The molecule has 0 aliphatic carbocycles. The summed E-state index contributed by atoms with van der Waals surface area (Å²) in [5.41, 5.74) is 0.332. The van der Waals surface area contributed by atoms with Crippen molar-refractivity contribution >= 4 is 0 Å². The molecule has 0 bridgehead atoms. The standard InChI is InChI=1S/C11H21N/c1-7-10(3,4)11(5,6)9(2)8-12/h9H,7H2,1-6H3.